The molecule has 4 heterocycles. The third-order valence-electron chi connectivity index (χ3n) is 11.9. The number of fused-ring (bicyclic) bond motifs is 5. The van der Waals surface area contributed by atoms with E-state index in [9.17, 15) is 24.6 Å². The molecular formula is C41H61N5O11S. The summed E-state index contributed by atoms with van der Waals surface area (Å²) < 4.78 is 36.0. The van der Waals surface area contributed by atoms with E-state index in [1.807, 2.05) is 50.2 Å². The van der Waals surface area contributed by atoms with Crippen molar-refractivity contribution >= 4 is 40.7 Å². The number of rotatable bonds is 8. The number of Topliss-reactive ketones (excluding diaryl/α,β-unsaturated/α-hetero) is 2. The van der Waals surface area contributed by atoms with Gasteiger partial charge in [0.1, 0.15) is 46.8 Å². The normalized spacial score (nSPS) is 37.8. The van der Waals surface area contributed by atoms with Gasteiger partial charge in [0.15, 0.2) is 12.1 Å². The summed E-state index contributed by atoms with van der Waals surface area (Å²) in [6.45, 7) is 13.0. The molecule has 322 valence electrons. The van der Waals surface area contributed by atoms with Crippen molar-refractivity contribution in [3.63, 3.8) is 0 Å². The summed E-state index contributed by atoms with van der Waals surface area (Å²) in [6.07, 6.45) is -5.30. The maximum atomic E-state index is 14.4. The number of nitrogens with zero attached hydrogens (tertiary/aromatic N) is 4. The van der Waals surface area contributed by atoms with Crippen LogP contribution >= 0.6 is 11.5 Å². The van der Waals surface area contributed by atoms with E-state index in [0.29, 0.717) is 11.4 Å². The molecule has 3 aliphatic heterocycles. The first-order valence-corrected chi connectivity index (χ1v) is 20.8. The highest BCUT2D eigenvalue weighted by molar-refractivity contribution is 7.09. The van der Waals surface area contributed by atoms with Crippen LogP contribution in [0.1, 0.15) is 80.2 Å². The zero-order valence-electron chi connectivity index (χ0n) is 35.2. The van der Waals surface area contributed by atoms with Gasteiger partial charge in [-0.15, -0.1) is 0 Å². The Hall–Kier alpha value is -3.42. The molecule has 2 aromatic rings. The Morgan fingerprint density at radius 2 is 1.72 bits per heavy atom. The number of nitrogens with two attached hydrogens (primary N) is 1. The highest BCUT2D eigenvalue weighted by atomic mass is 32.1. The van der Waals surface area contributed by atoms with Crippen molar-refractivity contribution in [2.24, 2.45) is 28.8 Å². The van der Waals surface area contributed by atoms with Crippen LogP contribution in [0.5, 0.6) is 0 Å². The van der Waals surface area contributed by atoms with E-state index in [0.717, 1.165) is 11.1 Å². The number of hydrogen-bond acceptors (Lipinski definition) is 17. The van der Waals surface area contributed by atoms with Crippen LogP contribution in [-0.2, 0) is 49.5 Å². The van der Waals surface area contributed by atoms with E-state index in [1.54, 1.807) is 34.6 Å². The topological polar surface area (TPSA) is 214 Å². The van der Waals surface area contributed by atoms with Crippen LogP contribution in [0.25, 0.3) is 10.6 Å². The lowest BCUT2D eigenvalue weighted by Gasteiger charge is -2.47. The predicted octanol–water partition coefficient (Wildman–Crippen LogP) is 3.80. The molecule has 0 amide bonds. The van der Waals surface area contributed by atoms with Crippen molar-refractivity contribution in [2.45, 2.75) is 135 Å². The summed E-state index contributed by atoms with van der Waals surface area (Å²) in [6, 6.07) is 7.18. The number of anilines is 1. The average molecular weight is 832 g/mol. The predicted molar refractivity (Wildman–Crippen MR) is 215 cm³/mol. The Bertz CT molecular complexity index is 1770. The molecule has 2 bridgehead atoms. The van der Waals surface area contributed by atoms with Gasteiger partial charge in [-0.3, -0.25) is 14.4 Å². The van der Waals surface area contributed by atoms with E-state index in [4.69, 9.17) is 34.3 Å². The Morgan fingerprint density at radius 3 is 2.34 bits per heavy atom. The quantitative estimate of drug-likeness (QED) is 0.196. The molecule has 1 aromatic heterocycles. The van der Waals surface area contributed by atoms with E-state index in [1.165, 1.54) is 25.4 Å². The molecule has 0 saturated carbocycles. The summed E-state index contributed by atoms with van der Waals surface area (Å²) in [5.74, 6) is -5.27. The number of carbonyl (C=O) groups is 3. The number of benzene rings is 1. The zero-order chi connectivity index (χ0) is 42.7. The Labute approximate surface area is 344 Å². The number of esters is 1. The van der Waals surface area contributed by atoms with Crippen LogP contribution in [0.3, 0.4) is 0 Å². The highest BCUT2D eigenvalue weighted by Gasteiger charge is 2.53. The van der Waals surface area contributed by atoms with Gasteiger partial charge in [-0.25, -0.2) is 0 Å². The third-order valence-corrected chi connectivity index (χ3v) is 12.6. The molecular weight excluding hydrogens is 771 g/mol. The van der Waals surface area contributed by atoms with Crippen LogP contribution in [-0.4, -0.2) is 129 Å². The van der Waals surface area contributed by atoms with Crippen molar-refractivity contribution in [1.29, 1.82) is 0 Å². The molecule has 0 radical (unpaired) electrons. The number of oxime groups is 1. The van der Waals surface area contributed by atoms with Crippen LogP contribution in [0.15, 0.2) is 29.4 Å². The molecule has 0 aliphatic carbocycles. The first-order valence-electron chi connectivity index (χ1n) is 20.0. The molecule has 4 N–H and O–H groups in total. The minimum atomic E-state index is -1.87. The molecule has 3 aliphatic rings. The molecule has 0 spiro atoms. The molecule has 3 fully saturated rings. The Kier molecular flexibility index (Phi) is 14.9. The van der Waals surface area contributed by atoms with Gasteiger partial charge >= 0.3 is 5.97 Å². The Morgan fingerprint density at radius 1 is 1.03 bits per heavy atom. The smallest absolute Gasteiger partial charge is 0.316 e. The molecule has 13 atom stereocenters. The monoisotopic (exact) mass is 831 g/mol. The van der Waals surface area contributed by atoms with Crippen molar-refractivity contribution in [2.75, 3.05) is 33.0 Å². The fraction of sp³-hybridized carbons (Fsp3) is 0.707. The van der Waals surface area contributed by atoms with Crippen LogP contribution in [0.2, 0.25) is 0 Å². The standard InChI is InChI=1S/C41H61N5O11S/c1-11-30-41(8,51)35-23(4)31(47)21(2)17-40(7,53-20-28(19-52-35)44-54-18-26-12-14-27(15-13-26)36-43-39(42)45-58-36)34(24(5)32(48)25(6)37(50)56-30)57-38-33(49)29(46(9)10)16-22(3)55-38/h12-15,21-25,29-30,33-35,38,49,51H,11,16-20H2,1-10H3,(H2,42,45)/b44-28+/t21-,22-,23+,24+,25-,29+,30-,33-,34-,35+,38+,40-,41-/m1/s1. The van der Waals surface area contributed by atoms with Gasteiger partial charge in [0, 0.05) is 29.4 Å². The van der Waals surface area contributed by atoms with Gasteiger partial charge in [0.2, 0.25) is 5.95 Å². The summed E-state index contributed by atoms with van der Waals surface area (Å²) in [7, 11) is 3.72. The number of aliphatic hydroxyl groups is 2. The number of cyclic esters (lactones) is 1. The second-order valence-electron chi connectivity index (χ2n) is 16.8. The number of nitrogen functional groups attached to an aromatic ring is 1. The molecule has 17 heteroatoms. The fourth-order valence-corrected chi connectivity index (χ4v) is 9.09. The van der Waals surface area contributed by atoms with E-state index in [-0.39, 0.29) is 62.3 Å². The van der Waals surface area contributed by atoms with Crippen LogP contribution in [0, 0.1) is 23.7 Å². The Balaban J connectivity index is 1.57. The maximum absolute atomic E-state index is 14.4. The highest BCUT2D eigenvalue weighted by Crippen LogP contribution is 2.40. The number of ether oxygens (including phenoxy) is 5. The largest absolute Gasteiger partial charge is 0.459 e. The first-order chi connectivity index (χ1) is 27.3. The lowest BCUT2D eigenvalue weighted by atomic mass is 9.74. The van der Waals surface area contributed by atoms with Crippen molar-refractivity contribution in [3.05, 3.63) is 29.8 Å². The lowest BCUT2D eigenvalue weighted by molar-refractivity contribution is -0.296. The number of hydrogen-bond donors (Lipinski definition) is 3. The summed E-state index contributed by atoms with van der Waals surface area (Å²) in [5.41, 5.74) is 4.34. The summed E-state index contributed by atoms with van der Waals surface area (Å²) in [5, 5.41) is 28.9. The number of aromatic nitrogens is 2. The summed E-state index contributed by atoms with van der Waals surface area (Å²) in [4.78, 5) is 54.5. The van der Waals surface area contributed by atoms with Crippen LogP contribution < -0.4 is 5.73 Å². The van der Waals surface area contributed by atoms with Gasteiger partial charge < -0.3 is 49.4 Å². The first kappa shape index (κ1) is 45.7. The molecule has 3 saturated heterocycles. The van der Waals surface area contributed by atoms with Crippen LogP contribution in [0.4, 0.5) is 5.95 Å². The molecule has 1 aromatic carbocycles. The SMILES string of the molecule is CC[C@H]1OC(=O)[C@H](C)C(=O)[C@H](C)[C@@H](O[C@@H]2O[C@H](C)C[C@H](N(C)C)[C@H]2O)[C@@]2(C)C[C@@H](C)C(=O)[C@H](C)[C@H](OC/C(=N\OCc3ccc(-c4nc(N)ns4)cc3)CO2)[C@]1(C)O. The van der Waals surface area contributed by atoms with Gasteiger partial charge in [0.05, 0.1) is 37.1 Å². The maximum Gasteiger partial charge on any atom is 0.316 e. The zero-order valence-corrected chi connectivity index (χ0v) is 36.1. The fourth-order valence-electron chi connectivity index (χ4n) is 8.50. The lowest BCUT2D eigenvalue weighted by Crippen LogP contribution is -2.60. The van der Waals surface area contributed by atoms with Crippen molar-refractivity contribution in [3.8, 4) is 10.6 Å². The minimum absolute atomic E-state index is 0.0551. The number of carbonyl (C=O) groups excluding carboxylic acids is 3. The van der Waals surface area contributed by atoms with Crippen molar-refractivity contribution < 1.29 is 53.1 Å². The van der Waals surface area contributed by atoms with Crippen molar-refractivity contribution in [1.82, 2.24) is 14.3 Å². The third kappa shape index (κ3) is 10.1. The molecule has 0 unspecified atom stereocenters. The van der Waals surface area contributed by atoms with E-state index in [2.05, 4.69) is 14.5 Å². The van der Waals surface area contributed by atoms with Gasteiger partial charge in [-0.1, -0.05) is 57.1 Å². The average Bonchev–Trinajstić information content (AvgIpc) is 3.62. The minimum Gasteiger partial charge on any atom is -0.459 e. The molecule has 5 rings (SSSR count). The van der Waals surface area contributed by atoms with Gasteiger partial charge in [0.25, 0.3) is 0 Å². The molecule has 58 heavy (non-hydrogen) atoms. The number of aliphatic hydroxyl groups excluding tert-OH is 1. The summed E-state index contributed by atoms with van der Waals surface area (Å²) >= 11 is 1.20. The second-order valence-corrected chi connectivity index (χ2v) is 17.6. The number of ketones is 2. The second kappa shape index (κ2) is 18.9. The number of likely N-dealkylation sites (N-methyl/N-ethyl adjacent to an activating group) is 1. The molecule has 16 nitrogen and oxygen atoms in total. The van der Waals surface area contributed by atoms with E-state index >= 15 is 0 Å². The van der Waals surface area contributed by atoms with Gasteiger partial charge in [-0.2, -0.15) is 9.36 Å². The van der Waals surface area contributed by atoms with E-state index < -0.39 is 77.3 Å². The van der Waals surface area contributed by atoms with Gasteiger partial charge in [-0.05, 0) is 78.1 Å².